The zero-order valence-corrected chi connectivity index (χ0v) is 14.4. The lowest BCUT2D eigenvalue weighted by molar-refractivity contribution is 0.590. The first-order chi connectivity index (χ1) is 11.4. The average Bonchev–Trinajstić information content (AvgIpc) is 2.92. The molecule has 3 aromatic carbocycles. The van der Waals surface area contributed by atoms with Crippen LogP contribution in [-0.4, -0.2) is 4.98 Å². The van der Waals surface area contributed by atoms with E-state index >= 15 is 0 Å². The Labute approximate surface area is 142 Å². The van der Waals surface area contributed by atoms with Crippen LogP contribution in [0.2, 0.25) is 0 Å². The van der Waals surface area contributed by atoms with Crippen molar-refractivity contribution < 1.29 is 0 Å². The highest BCUT2D eigenvalue weighted by Gasteiger charge is 2.15. The topological polar surface area (TPSA) is 41.8 Å². The molecule has 0 unspecified atom stereocenters. The van der Waals surface area contributed by atoms with Gasteiger partial charge in [0.15, 0.2) is 0 Å². The fraction of sp³-hybridized carbons (Fsp3) is 0.182. The minimum atomic E-state index is 0.157. The Morgan fingerprint density at radius 3 is 2.25 bits per heavy atom. The number of anilines is 1. The van der Waals surface area contributed by atoms with Crippen molar-refractivity contribution >= 4 is 27.5 Å². The molecule has 1 aromatic heterocycles. The summed E-state index contributed by atoms with van der Waals surface area (Å²) in [6, 6.07) is 21.3. The van der Waals surface area contributed by atoms with Crippen molar-refractivity contribution in [1.29, 1.82) is 0 Å². The Balaban J connectivity index is 1.96. The van der Waals surface area contributed by atoms with Crippen LogP contribution in [0.5, 0.6) is 0 Å². The number of benzene rings is 3. The van der Waals surface area contributed by atoms with Gasteiger partial charge in [-0.2, -0.15) is 0 Å². The molecule has 1 heterocycles. The molecule has 3 N–H and O–H groups in total. The lowest BCUT2D eigenvalue weighted by Gasteiger charge is -2.19. The van der Waals surface area contributed by atoms with Crippen molar-refractivity contribution in [3.8, 4) is 11.1 Å². The summed E-state index contributed by atoms with van der Waals surface area (Å²) in [7, 11) is 0. The summed E-state index contributed by atoms with van der Waals surface area (Å²) >= 11 is 0. The molecule has 0 aliphatic heterocycles. The quantitative estimate of drug-likeness (QED) is 0.424. The van der Waals surface area contributed by atoms with Gasteiger partial charge in [-0.25, -0.2) is 0 Å². The van der Waals surface area contributed by atoms with E-state index in [1.807, 2.05) is 0 Å². The van der Waals surface area contributed by atoms with E-state index in [1.165, 1.54) is 21.9 Å². The van der Waals surface area contributed by atoms with Gasteiger partial charge in [-0.3, -0.25) is 0 Å². The van der Waals surface area contributed by atoms with Crippen LogP contribution in [0.1, 0.15) is 26.3 Å². The van der Waals surface area contributed by atoms with Gasteiger partial charge in [-0.05, 0) is 34.7 Å². The normalized spacial score (nSPS) is 12.1. The van der Waals surface area contributed by atoms with Crippen molar-refractivity contribution in [2.75, 3.05) is 5.73 Å². The van der Waals surface area contributed by atoms with E-state index in [-0.39, 0.29) is 5.41 Å². The number of nitrogens with two attached hydrogens (primary N) is 1. The standard InChI is InChI=1S/C22H22N2/c1-22(2,3)15-10-8-14(9-11-15)18-12-16(23)13-19-17-6-4-5-7-20(17)24-21(18)19/h4-13,24H,23H2,1-3H3. The van der Waals surface area contributed by atoms with Crippen LogP contribution in [0.4, 0.5) is 5.69 Å². The number of hydrogen-bond acceptors (Lipinski definition) is 1. The Kier molecular flexibility index (Phi) is 3.17. The van der Waals surface area contributed by atoms with Crippen LogP contribution in [-0.2, 0) is 5.41 Å². The second-order valence-corrected chi connectivity index (χ2v) is 7.49. The Morgan fingerprint density at radius 2 is 1.54 bits per heavy atom. The summed E-state index contributed by atoms with van der Waals surface area (Å²) in [5.74, 6) is 0. The van der Waals surface area contributed by atoms with Gasteiger partial charge in [0.05, 0.1) is 5.52 Å². The SMILES string of the molecule is CC(C)(C)c1ccc(-c2cc(N)cc3c2[nH]c2ccccc23)cc1. The number of nitrogen functional groups attached to an aromatic ring is 1. The van der Waals surface area contributed by atoms with Gasteiger partial charge in [0.2, 0.25) is 0 Å². The first kappa shape index (κ1) is 14.8. The predicted octanol–water partition coefficient (Wildman–Crippen LogP) is 5.87. The van der Waals surface area contributed by atoms with E-state index in [0.717, 1.165) is 22.3 Å². The molecule has 0 amide bonds. The fourth-order valence-corrected chi connectivity index (χ4v) is 3.35. The predicted molar refractivity (Wildman–Crippen MR) is 104 cm³/mol. The summed E-state index contributed by atoms with van der Waals surface area (Å²) in [5, 5.41) is 2.40. The highest BCUT2D eigenvalue weighted by Crippen LogP contribution is 2.36. The number of H-pyrrole nitrogens is 1. The molecule has 2 nitrogen and oxygen atoms in total. The maximum atomic E-state index is 6.20. The summed E-state index contributed by atoms with van der Waals surface area (Å²) in [4.78, 5) is 3.56. The summed E-state index contributed by atoms with van der Waals surface area (Å²) < 4.78 is 0. The zero-order valence-electron chi connectivity index (χ0n) is 14.4. The van der Waals surface area contributed by atoms with Gasteiger partial charge in [-0.1, -0.05) is 63.2 Å². The molecule has 0 atom stereocenters. The number of rotatable bonds is 1. The average molecular weight is 314 g/mol. The van der Waals surface area contributed by atoms with E-state index in [4.69, 9.17) is 5.73 Å². The maximum Gasteiger partial charge on any atom is 0.0546 e. The Bertz CT molecular complexity index is 1030. The van der Waals surface area contributed by atoms with Crippen LogP contribution in [0.25, 0.3) is 32.9 Å². The van der Waals surface area contributed by atoms with Crippen LogP contribution in [0.3, 0.4) is 0 Å². The Morgan fingerprint density at radius 1 is 0.833 bits per heavy atom. The van der Waals surface area contributed by atoms with Crippen molar-refractivity contribution in [3.63, 3.8) is 0 Å². The number of aromatic nitrogens is 1. The molecule has 0 radical (unpaired) electrons. The van der Waals surface area contributed by atoms with Gasteiger partial charge in [0.25, 0.3) is 0 Å². The van der Waals surface area contributed by atoms with Crippen LogP contribution in [0, 0.1) is 0 Å². The molecular weight excluding hydrogens is 292 g/mol. The lowest BCUT2D eigenvalue weighted by atomic mass is 9.86. The molecule has 120 valence electrons. The van der Waals surface area contributed by atoms with Crippen molar-refractivity contribution in [2.45, 2.75) is 26.2 Å². The van der Waals surface area contributed by atoms with E-state index in [0.29, 0.717) is 0 Å². The monoisotopic (exact) mass is 314 g/mol. The molecule has 4 aromatic rings. The van der Waals surface area contributed by atoms with Gasteiger partial charge >= 0.3 is 0 Å². The van der Waals surface area contributed by atoms with E-state index in [9.17, 15) is 0 Å². The molecule has 24 heavy (non-hydrogen) atoms. The number of nitrogens with one attached hydrogen (secondary N) is 1. The number of hydrogen-bond donors (Lipinski definition) is 2. The molecule has 0 bridgehead atoms. The summed E-state index contributed by atoms with van der Waals surface area (Å²) in [6.45, 7) is 6.70. The third kappa shape index (κ3) is 2.35. The molecule has 0 fully saturated rings. The lowest BCUT2D eigenvalue weighted by Crippen LogP contribution is -2.10. The molecule has 0 saturated heterocycles. The molecule has 0 aliphatic rings. The highest BCUT2D eigenvalue weighted by atomic mass is 14.7. The molecule has 0 spiro atoms. The summed E-state index contributed by atoms with van der Waals surface area (Å²) in [6.07, 6.45) is 0. The minimum absolute atomic E-state index is 0.157. The molecule has 2 heteroatoms. The summed E-state index contributed by atoms with van der Waals surface area (Å²) in [5.41, 5.74) is 13.1. The third-order valence-corrected chi connectivity index (χ3v) is 4.70. The minimum Gasteiger partial charge on any atom is -0.399 e. The van der Waals surface area contributed by atoms with Crippen LogP contribution < -0.4 is 5.73 Å². The van der Waals surface area contributed by atoms with Crippen molar-refractivity contribution in [3.05, 3.63) is 66.2 Å². The Hall–Kier alpha value is -2.74. The zero-order chi connectivity index (χ0) is 16.9. The van der Waals surface area contributed by atoms with E-state index < -0.39 is 0 Å². The number of aromatic amines is 1. The second kappa shape index (κ2) is 5.13. The van der Waals surface area contributed by atoms with Gasteiger partial charge in [-0.15, -0.1) is 0 Å². The number of fused-ring (bicyclic) bond motifs is 3. The molecule has 0 saturated carbocycles. The van der Waals surface area contributed by atoms with Gasteiger partial charge < -0.3 is 10.7 Å². The molecule has 4 rings (SSSR count). The maximum absolute atomic E-state index is 6.20. The molecular formula is C22H22N2. The van der Waals surface area contributed by atoms with Crippen LogP contribution >= 0.6 is 0 Å². The first-order valence-corrected chi connectivity index (χ1v) is 8.34. The fourth-order valence-electron chi connectivity index (χ4n) is 3.35. The highest BCUT2D eigenvalue weighted by molar-refractivity contribution is 6.13. The van der Waals surface area contributed by atoms with Crippen molar-refractivity contribution in [1.82, 2.24) is 4.98 Å². The van der Waals surface area contributed by atoms with E-state index in [2.05, 4.69) is 86.4 Å². The first-order valence-electron chi connectivity index (χ1n) is 8.34. The van der Waals surface area contributed by atoms with Gasteiger partial charge in [0, 0.05) is 27.5 Å². The second-order valence-electron chi connectivity index (χ2n) is 7.49. The third-order valence-electron chi connectivity index (χ3n) is 4.70. The van der Waals surface area contributed by atoms with Crippen LogP contribution in [0.15, 0.2) is 60.7 Å². The largest absolute Gasteiger partial charge is 0.399 e. The van der Waals surface area contributed by atoms with E-state index in [1.54, 1.807) is 0 Å². The smallest absolute Gasteiger partial charge is 0.0546 e. The molecule has 0 aliphatic carbocycles. The van der Waals surface area contributed by atoms with Gasteiger partial charge in [0.1, 0.15) is 0 Å². The van der Waals surface area contributed by atoms with Crippen molar-refractivity contribution in [2.24, 2.45) is 0 Å². The number of para-hydroxylation sites is 1.